The average molecular weight is 1140 g/mol. The minimum atomic E-state index is -1.33. The number of benzene rings is 5. The van der Waals surface area contributed by atoms with Gasteiger partial charge in [-0.1, -0.05) is 73.8 Å². The van der Waals surface area contributed by atoms with Crippen molar-refractivity contribution in [3.05, 3.63) is 215 Å². The Kier molecular flexibility index (Phi) is 16.7. The third-order valence-electron chi connectivity index (χ3n) is 16.0. The second kappa shape index (κ2) is 23.6. The summed E-state index contributed by atoms with van der Waals surface area (Å²) in [4.78, 5) is 42.0. The van der Waals surface area contributed by atoms with E-state index in [0.29, 0.717) is 40.7 Å². The molecule has 5 aromatic carbocycles. The number of aromatic carboxylic acids is 1. The topological polar surface area (TPSA) is 111 Å². The molecule has 0 bridgehead atoms. The van der Waals surface area contributed by atoms with Gasteiger partial charge in [0.1, 0.15) is 11.5 Å². The molecule has 0 radical (unpaired) electrons. The van der Waals surface area contributed by atoms with E-state index in [9.17, 15) is 0 Å². The number of carboxylic acids is 1. The van der Waals surface area contributed by atoms with Crippen LogP contribution in [0.25, 0.3) is 33.8 Å². The van der Waals surface area contributed by atoms with Crippen LogP contribution in [0.5, 0.6) is 11.5 Å². The molecule has 0 aliphatic carbocycles. The molecule has 6 heterocycles. The zero-order chi connectivity index (χ0) is 59.2. The summed E-state index contributed by atoms with van der Waals surface area (Å²) < 4.78 is 16.0. The smallest absolute Gasteiger partial charge is 0.373 e. The molecule has 84 heavy (non-hydrogen) atoms. The van der Waals surface area contributed by atoms with Gasteiger partial charge in [0.25, 0.3) is 5.69 Å². The van der Waals surface area contributed by atoms with Crippen molar-refractivity contribution in [2.24, 2.45) is 0 Å². The van der Waals surface area contributed by atoms with Crippen LogP contribution in [0.1, 0.15) is 94.1 Å². The van der Waals surface area contributed by atoms with Crippen molar-refractivity contribution in [2.75, 3.05) is 68.4 Å². The molecule has 0 N–H and O–H groups in total. The Morgan fingerprint density at radius 2 is 1.13 bits per heavy atom. The number of ether oxygens (including phenoxy) is 1. The maximum absolute atomic E-state index is 15.3. The Bertz CT molecular complexity index is 4070. The molecule has 3 aliphatic rings. The van der Waals surface area contributed by atoms with E-state index in [1.165, 1.54) is 5.56 Å². The van der Waals surface area contributed by atoms with E-state index in [0.717, 1.165) is 83.1 Å². The Labute approximate surface area is 498 Å². The molecule has 428 valence electrons. The number of carbonyl (C=O) groups excluding carboxylic acids is 3. The predicted octanol–water partition coefficient (Wildman–Crippen LogP) is 9.54. The van der Waals surface area contributed by atoms with Crippen molar-refractivity contribution in [3.8, 4) is 28.6 Å². The fourth-order valence-corrected chi connectivity index (χ4v) is 13.2. The lowest BCUT2D eigenvalue weighted by atomic mass is 9.82. The molecule has 0 saturated carbocycles. The molecule has 13 nitrogen and oxygen atoms in total. The number of hydrogen-bond acceptors (Lipinski definition) is 10. The van der Waals surface area contributed by atoms with E-state index >= 15 is 9.90 Å². The predicted molar refractivity (Wildman–Crippen MR) is 334 cm³/mol. The van der Waals surface area contributed by atoms with Gasteiger partial charge >= 0.3 is 11.8 Å². The Morgan fingerprint density at radius 1 is 0.631 bits per heavy atom. The summed E-state index contributed by atoms with van der Waals surface area (Å²) in [5.74, 6) is -0.0634. The normalized spacial score (nSPS) is 14.1. The molecular formula is C70H75N8O5S+3. The van der Waals surface area contributed by atoms with Crippen molar-refractivity contribution in [1.29, 1.82) is 0 Å². The van der Waals surface area contributed by atoms with Crippen molar-refractivity contribution < 1.29 is 37.9 Å². The van der Waals surface area contributed by atoms with Gasteiger partial charge < -0.3 is 34.2 Å². The van der Waals surface area contributed by atoms with Gasteiger partial charge in [-0.05, 0) is 76.1 Å². The van der Waals surface area contributed by atoms with Crippen LogP contribution in [0.3, 0.4) is 0 Å². The van der Waals surface area contributed by atoms with Crippen molar-refractivity contribution in [3.63, 3.8) is 0 Å². The van der Waals surface area contributed by atoms with Crippen LogP contribution < -0.4 is 58.3 Å². The van der Waals surface area contributed by atoms with Crippen LogP contribution in [0.15, 0.2) is 180 Å². The van der Waals surface area contributed by atoms with E-state index in [2.05, 4.69) is 192 Å². The fourth-order valence-electron chi connectivity index (χ4n) is 12.1. The van der Waals surface area contributed by atoms with Gasteiger partial charge in [-0.25, -0.2) is 4.58 Å². The number of pyridine rings is 3. The van der Waals surface area contributed by atoms with Gasteiger partial charge in [-0.2, -0.15) is 23.3 Å². The largest absolute Gasteiger partial charge is 0.545 e. The molecular weight excluding hydrogens is 1060 g/mol. The maximum atomic E-state index is 15.3. The first kappa shape index (κ1) is 59.5. The number of carboxylic acid groups (broad SMARTS) is 1. The molecule has 0 spiro atoms. The van der Waals surface area contributed by atoms with Gasteiger partial charge in [0.15, 0.2) is 54.2 Å². The summed E-state index contributed by atoms with van der Waals surface area (Å²) in [6, 6.07) is 42.2. The number of nitrogens with zero attached hydrogens (tertiary/aromatic N) is 8. The first-order valence-corrected chi connectivity index (χ1v) is 28.6. The summed E-state index contributed by atoms with van der Waals surface area (Å²) in [7, 11) is 12.1. The first-order valence-electron chi connectivity index (χ1n) is 27.8. The van der Waals surface area contributed by atoms with Crippen LogP contribution in [0, 0.1) is 0 Å². The minimum absolute atomic E-state index is 0. The molecule has 0 fully saturated rings. The zero-order valence-electron chi connectivity index (χ0n) is 49.6. The van der Waals surface area contributed by atoms with Gasteiger partial charge in [0, 0.05) is 166 Å². The fraction of sp³-hybridized carbons (Fsp3) is 0.257. The monoisotopic (exact) mass is 1140 g/mol. The van der Waals surface area contributed by atoms with Crippen molar-refractivity contribution >= 4 is 63.4 Å². The summed E-state index contributed by atoms with van der Waals surface area (Å²) in [5, 5.41) is 17.2. The molecule has 14 heteroatoms. The number of carbonyl (C=O) groups is 1. The van der Waals surface area contributed by atoms with E-state index in [1.54, 1.807) is 11.8 Å². The quantitative estimate of drug-likeness (QED) is 0.104. The molecule has 3 aliphatic heterocycles. The van der Waals surface area contributed by atoms with Crippen molar-refractivity contribution in [2.45, 2.75) is 83.3 Å². The molecule has 0 amide bonds. The van der Waals surface area contributed by atoms with E-state index in [1.807, 2.05) is 107 Å². The molecule has 3 aromatic heterocycles. The maximum Gasteiger partial charge on any atom is 0.373 e. The van der Waals surface area contributed by atoms with Crippen LogP contribution >= 0.6 is 11.8 Å². The summed E-state index contributed by atoms with van der Waals surface area (Å²) in [6.07, 6.45) is 17.0. The van der Waals surface area contributed by atoms with Crippen LogP contribution in [-0.4, -0.2) is 72.0 Å². The van der Waals surface area contributed by atoms with Crippen LogP contribution in [-0.2, 0) is 16.1 Å². The number of likely N-dealkylation sites (N-methyl/N-ethyl adjacent to an activating group) is 1. The lowest BCUT2D eigenvalue weighted by Gasteiger charge is -2.43. The third kappa shape index (κ3) is 11.0. The van der Waals surface area contributed by atoms with Gasteiger partial charge in [-0.15, -0.1) is 0 Å². The number of fused-ring (bicyclic) bond motifs is 4. The molecule has 0 unspecified atom stereocenters. The molecule has 0 atom stereocenters. The molecule has 8 aromatic rings. The SMILES string of the molecule is C.CCN1c2cc3c(cc2C(C)=CC1(C)C)C(c1c(C(=O)[O-])c(-[n+]2ccc(N(C)C)cc2)c(-[n+]2ccc(N(C)C)cc2)c(Sc2ccccc2)c1-[n+]1ccc(N(C)C)cc1)=c1cc2c(cc1O3)=[N+](Cc1ccccc1)C(C)(C)C=C2C.O=C=O. The minimum Gasteiger partial charge on any atom is -0.545 e. The van der Waals surface area contributed by atoms with Gasteiger partial charge in [0.2, 0.25) is 11.0 Å². The lowest BCUT2D eigenvalue weighted by Crippen LogP contribution is -2.49. The second-order valence-electron chi connectivity index (χ2n) is 23.0. The standard InChI is InChI=1S/C68H71N8O3S.CO2.CH4/c1-14-75-55-39-57-53(37-51(55)44(2)41-67(75,4)5)59(54-38-52-45(3)42-68(6,7)76(56(52)40-58(54)79-57)43-46-21-17-15-18-22-46)60-61(66(77)78)62(72-31-25-47(26-32-72)69(8)9)64(74-35-29-49(30-36-74)71(12)13)65(80-50-23-19-16-20-24-50)63(60)73-33-27-48(28-34-73)70(10)11;2-1-3;/h15-42H,14,43H2,1-13H3;;1H4/q+3;;. The highest BCUT2D eigenvalue weighted by molar-refractivity contribution is 7.99. The Balaban J connectivity index is 0.00000207. The van der Waals surface area contributed by atoms with E-state index < -0.39 is 5.97 Å². The highest BCUT2D eigenvalue weighted by Crippen LogP contribution is 2.50. The Hall–Kier alpha value is -9.10. The number of anilines is 4. The highest BCUT2D eigenvalue weighted by atomic mass is 32.2. The number of rotatable bonds is 13. The molecule has 11 rings (SSSR count). The van der Waals surface area contributed by atoms with Crippen LogP contribution in [0.2, 0.25) is 0 Å². The lowest BCUT2D eigenvalue weighted by molar-refractivity contribution is -0.637. The van der Waals surface area contributed by atoms with Gasteiger partial charge in [0.05, 0.1) is 28.7 Å². The number of hydrogen-bond donors (Lipinski definition) is 0. The van der Waals surface area contributed by atoms with Crippen LogP contribution in [0.4, 0.5) is 22.7 Å². The Morgan fingerprint density at radius 3 is 1.64 bits per heavy atom. The summed E-state index contributed by atoms with van der Waals surface area (Å²) in [6.45, 7) is 17.0. The summed E-state index contributed by atoms with van der Waals surface area (Å²) >= 11 is 1.61. The highest BCUT2D eigenvalue weighted by Gasteiger charge is 2.45. The van der Waals surface area contributed by atoms with Crippen molar-refractivity contribution in [1.82, 2.24) is 4.58 Å². The number of aromatic nitrogens is 3. The summed E-state index contributed by atoms with van der Waals surface area (Å²) in [5.41, 5.74) is 12.7. The second-order valence-corrected chi connectivity index (χ2v) is 24.1. The number of allylic oxidation sites excluding steroid dienone is 2. The molecule has 0 saturated heterocycles. The van der Waals surface area contributed by atoms with E-state index in [4.69, 9.17) is 14.3 Å². The van der Waals surface area contributed by atoms with E-state index in [-0.39, 0.29) is 30.2 Å². The first-order chi connectivity index (χ1) is 39.7. The average Bonchev–Trinajstić information content (AvgIpc) is 1.30. The third-order valence-corrected chi connectivity index (χ3v) is 17.1. The zero-order valence-corrected chi connectivity index (χ0v) is 50.4. The van der Waals surface area contributed by atoms with Gasteiger partial charge in [-0.3, -0.25) is 0 Å².